The van der Waals surface area contributed by atoms with Crippen LogP contribution >= 0.6 is 0 Å². The Hall–Kier alpha value is -7.35. The summed E-state index contributed by atoms with van der Waals surface area (Å²) in [6.07, 6.45) is 9.40. The number of para-hydroxylation sites is 1. The van der Waals surface area contributed by atoms with E-state index in [-0.39, 0.29) is 38.6 Å². The molecule has 1 aliphatic carbocycles. The molecular weight excluding hydrogens is 861 g/mol. The molecule has 0 bridgehead atoms. The number of aromatic nitrogens is 3. The van der Waals surface area contributed by atoms with E-state index in [1.54, 1.807) is 12.4 Å². The van der Waals surface area contributed by atoms with Gasteiger partial charge in [-0.3, -0.25) is 28.9 Å². The van der Waals surface area contributed by atoms with E-state index in [0.717, 1.165) is 38.7 Å². The van der Waals surface area contributed by atoms with Crippen LogP contribution in [0.4, 0.5) is 4.79 Å². The van der Waals surface area contributed by atoms with Gasteiger partial charge in [-0.1, -0.05) is 90.7 Å². The number of Topliss-reactive ketones (excluding diaryl/α,β-unsaturated/α-hetero) is 2. The highest BCUT2D eigenvalue weighted by atomic mass is 16.2. The van der Waals surface area contributed by atoms with Crippen molar-refractivity contribution in [3.8, 4) is 11.8 Å². The molecule has 16 nitrogen and oxygen atoms in total. The lowest BCUT2D eigenvalue weighted by Gasteiger charge is -2.28. The second kappa shape index (κ2) is 23.4. The molecule has 5 atom stereocenters. The number of hydrogen-bond donors (Lipinski definition) is 7. The Morgan fingerprint density at radius 3 is 2.46 bits per heavy atom. The monoisotopic (exact) mass is 920 g/mol. The quantitative estimate of drug-likeness (QED) is 0.0807. The van der Waals surface area contributed by atoms with Gasteiger partial charge in [0.05, 0.1) is 44.1 Å². The molecule has 3 aromatic carbocycles. The third-order valence-electron chi connectivity index (χ3n) is 12.6. The molecule has 7 rings (SSSR count). The van der Waals surface area contributed by atoms with Crippen molar-refractivity contribution in [2.45, 2.75) is 82.0 Å². The van der Waals surface area contributed by atoms with Gasteiger partial charge < -0.3 is 42.3 Å². The van der Waals surface area contributed by atoms with Crippen molar-refractivity contribution in [2.24, 2.45) is 17.4 Å². The second-order valence-electron chi connectivity index (χ2n) is 17.7. The first kappa shape index (κ1) is 48.6. The van der Waals surface area contributed by atoms with Gasteiger partial charge in [0.2, 0.25) is 17.7 Å². The number of nitrogens with two attached hydrogens (primary N) is 2. The minimum absolute atomic E-state index is 0.0525. The number of nitrogens with one attached hydrogen (secondary N) is 5. The standard InChI is InChI=1S/C52H60N10O6/c1-61-22-10-9-19-44(49(54)65)58-50(66)37(25-34-13-3-2-4-14-34)28-47(63)45(27-38-30-56-43-18-8-7-17-41(38)43)60-52(68)62(24-12-11-23-61)32-48(64)46(26-36-21-20-35-15-5-6-16-40(35)36)59-51(67)42(53)29-39-31-55-33-57-39/h2-8,13-18,21,30-31,33,37,42,44-46,56H,9-10,19-20,22-29,32,53H2,1H3,(H2,54,65)(H,55,57)(H,58,66)(H,59,67)(H,60,68)/t37-,42-,44-,45-,46+/m0/s1. The van der Waals surface area contributed by atoms with Crippen LogP contribution in [0.25, 0.3) is 16.5 Å². The number of aromatic amines is 2. The zero-order chi connectivity index (χ0) is 48.0. The predicted octanol–water partition coefficient (Wildman–Crippen LogP) is 3.37. The van der Waals surface area contributed by atoms with Crippen molar-refractivity contribution in [1.29, 1.82) is 0 Å². The van der Waals surface area contributed by atoms with Crippen LogP contribution in [-0.4, -0.2) is 117 Å². The number of urea groups is 1. The Morgan fingerprint density at radius 1 is 0.897 bits per heavy atom. The third kappa shape index (κ3) is 13.2. The van der Waals surface area contributed by atoms with Gasteiger partial charge in [-0.25, -0.2) is 9.78 Å². The summed E-state index contributed by atoms with van der Waals surface area (Å²) < 4.78 is 0. The molecule has 0 spiro atoms. The molecule has 3 heterocycles. The van der Waals surface area contributed by atoms with Crippen LogP contribution in [0.2, 0.25) is 0 Å². The molecule has 1 aliphatic heterocycles. The number of primary amides is 1. The largest absolute Gasteiger partial charge is 0.368 e. The first-order valence-electron chi connectivity index (χ1n) is 23.2. The Labute approximate surface area is 396 Å². The number of hydrogen-bond acceptors (Lipinski definition) is 9. The van der Waals surface area contributed by atoms with E-state index in [0.29, 0.717) is 44.5 Å². The van der Waals surface area contributed by atoms with E-state index < -0.39 is 71.9 Å². The molecule has 0 saturated carbocycles. The molecule has 2 aliphatic rings. The first-order chi connectivity index (χ1) is 32.9. The fourth-order valence-corrected chi connectivity index (χ4v) is 8.79. The molecule has 354 valence electrons. The average molecular weight is 921 g/mol. The minimum atomic E-state index is -1.17. The first-order valence-corrected chi connectivity index (χ1v) is 23.2. The number of amides is 5. The van der Waals surface area contributed by atoms with Crippen molar-refractivity contribution in [3.63, 3.8) is 0 Å². The zero-order valence-electron chi connectivity index (χ0n) is 38.3. The number of ketones is 2. The van der Waals surface area contributed by atoms with E-state index >= 15 is 0 Å². The summed E-state index contributed by atoms with van der Waals surface area (Å²) >= 11 is 0. The number of rotatable bonds is 14. The van der Waals surface area contributed by atoms with Crippen LogP contribution in [-0.2, 0) is 49.7 Å². The Morgan fingerprint density at radius 2 is 1.66 bits per heavy atom. The van der Waals surface area contributed by atoms with Gasteiger partial charge in [-0.2, -0.15) is 0 Å². The number of H-pyrrole nitrogens is 2. The molecule has 0 radical (unpaired) electrons. The number of carbonyl (C=O) groups is 6. The number of nitrogens with zero attached hydrogens (tertiary/aromatic N) is 3. The lowest BCUT2D eigenvalue weighted by atomic mass is 9.89. The Kier molecular flexibility index (Phi) is 16.7. The molecule has 5 amide bonds. The number of imidazole rings is 1. The van der Waals surface area contributed by atoms with E-state index in [1.165, 1.54) is 11.2 Å². The summed E-state index contributed by atoms with van der Waals surface area (Å²) in [5.74, 6) is 2.64. The molecule has 0 unspecified atom stereocenters. The topological polar surface area (TPSA) is 241 Å². The summed E-state index contributed by atoms with van der Waals surface area (Å²) in [6.45, 7) is 0.320. The van der Waals surface area contributed by atoms with Crippen LogP contribution < -0.4 is 27.4 Å². The van der Waals surface area contributed by atoms with Crippen molar-refractivity contribution in [3.05, 3.63) is 132 Å². The summed E-state index contributed by atoms with van der Waals surface area (Å²) in [4.78, 5) is 98.3. The fraction of sp³-hybridized carbons (Fsp3) is 0.365. The molecule has 68 heavy (non-hydrogen) atoms. The van der Waals surface area contributed by atoms with Crippen molar-refractivity contribution in [1.82, 2.24) is 40.7 Å². The number of allylic oxidation sites excluding steroid dienone is 1. The highest BCUT2D eigenvalue weighted by Crippen LogP contribution is 2.31. The lowest BCUT2D eigenvalue weighted by molar-refractivity contribution is -0.132. The lowest BCUT2D eigenvalue weighted by Crippen LogP contribution is -2.54. The van der Waals surface area contributed by atoms with Gasteiger partial charge in [0.15, 0.2) is 11.6 Å². The normalized spacial score (nSPS) is 19.7. The molecule has 16 heteroatoms. The summed E-state index contributed by atoms with van der Waals surface area (Å²) in [6, 6.07) is 19.8. The van der Waals surface area contributed by atoms with Gasteiger partial charge in [0.1, 0.15) is 6.04 Å². The maximum absolute atomic E-state index is 14.8. The highest BCUT2D eigenvalue weighted by Gasteiger charge is 2.34. The van der Waals surface area contributed by atoms with Gasteiger partial charge in [0.25, 0.3) is 0 Å². The predicted molar refractivity (Wildman–Crippen MR) is 259 cm³/mol. The van der Waals surface area contributed by atoms with E-state index in [2.05, 4.69) is 42.7 Å². The maximum atomic E-state index is 14.8. The SMILES string of the molecule is CN1CC#CCN(CC(=O)[C@@H](CC2=CCc3ccccc32)NC(=O)[C@@H](N)Cc2cnc[nH]2)C(=O)N[C@@H](Cc2c[nH]c3ccccc23)C(=O)C[C@H](Cc2ccccc2)C(=O)N[C@H](C(N)=O)CCCC1. The second-order valence-corrected chi connectivity index (χ2v) is 17.7. The molecule has 0 saturated heterocycles. The van der Waals surface area contributed by atoms with Crippen LogP contribution in [0, 0.1) is 17.8 Å². The fourth-order valence-electron chi connectivity index (χ4n) is 8.79. The third-order valence-corrected chi connectivity index (χ3v) is 12.6. The molecule has 5 aromatic rings. The summed E-state index contributed by atoms with van der Waals surface area (Å²) in [7, 11) is 1.90. The highest BCUT2D eigenvalue weighted by molar-refractivity contribution is 5.97. The summed E-state index contributed by atoms with van der Waals surface area (Å²) in [5, 5.41) is 9.53. The van der Waals surface area contributed by atoms with Crippen LogP contribution in [0.5, 0.6) is 0 Å². The van der Waals surface area contributed by atoms with Gasteiger partial charge >= 0.3 is 6.03 Å². The average Bonchev–Trinajstić information content (AvgIpc) is 4.11. The van der Waals surface area contributed by atoms with E-state index in [9.17, 15) is 28.8 Å². The molecular formula is C52H60N10O6. The Balaban J connectivity index is 1.20. The molecule has 0 fully saturated rings. The van der Waals surface area contributed by atoms with Crippen molar-refractivity contribution < 1.29 is 28.8 Å². The van der Waals surface area contributed by atoms with Crippen LogP contribution in [0.15, 0.2) is 104 Å². The van der Waals surface area contributed by atoms with Gasteiger partial charge in [-0.05, 0) is 79.6 Å². The zero-order valence-corrected chi connectivity index (χ0v) is 38.3. The number of benzene rings is 3. The van der Waals surface area contributed by atoms with Crippen LogP contribution in [0.1, 0.15) is 60.1 Å². The summed E-state index contributed by atoms with van der Waals surface area (Å²) in [5.41, 5.74) is 18.2. The van der Waals surface area contributed by atoms with Gasteiger partial charge in [-0.15, -0.1) is 0 Å². The van der Waals surface area contributed by atoms with Crippen molar-refractivity contribution in [2.75, 3.05) is 33.2 Å². The van der Waals surface area contributed by atoms with E-state index in [4.69, 9.17) is 11.5 Å². The Bertz CT molecular complexity index is 2670. The van der Waals surface area contributed by atoms with Crippen molar-refractivity contribution >= 4 is 51.8 Å². The minimum Gasteiger partial charge on any atom is -0.368 e. The number of fused-ring (bicyclic) bond motifs is 2. The van der Waals surface area contributed by atoms with Gasteiger partial charge in [0, 0.05) is 60.6 Å². The smallest absolute Gasteiger partial charge is 0.319 e. The van der Waals surface area contributed by atoms with Crippen LogP contribution in [0.3, 0.4) is 0 Å². The maximum Gasteiger partial charge on any atom is 0.319 e. The van der Waals surface area contributed by atoms with E-state index in [1.807, 2.05) is 96.9 Å². The molecule has 9 N–H and O–H groups in total. The number of carbonyl (C=O) groups excluding carboxylic acids is 6. The molecule has 2 aromatic heterocycles.